The molecule has 0 atom stereocenters. The van der Waals surface area contributed by atoms with E-state index in [-0.39, 0.29) is 5.84 Å². The minimum absolute atomic E-state index is 0.0295. The van der Waals surface area contributed by atoms with Crippen LogP contribution in [0, 0.1) is 6.92 Å². The van der Waals surface area contributed by atoms with Crippen LogP contribution in [0.15, 0.2) is 23.3 Å². The maximum atomic E-state index is 10.2. The van der Waals surface area contributed by atoms with Crippen LogP contribution in [0.25, 0.3) is 0 Å². The van der Waals surface area contributed by atoms with Gasteiger partial charge in [-0.1, -0.05) is 0 Å². The number of nitrogens with two attached hydrogens (primary N) is 1. The summed E-state index contributed by atoms with van der Waals surface area (Å²) in [4.78, 5) is 17.3. The normalized spacial score (nSPS) is 11.3. The van der Waals surface area contributed by atoms with Crippen LogP contribution in [-0.4, -0.2) is 22.0 Å². The predicted octanol–water partition coefficient (Wildman–Crippen LogP) is 0.773. The zero-order valence-electron chi connectivity index (χ0n) is 7.06. The minimum Gasteiger partial charge on any atom is -0.463 e. The van der Waals surface area contributed by atoms with Crippen LogP contribution >= 0.6 is 0 Å². The Kier molecular flexibility index (Phi) is 2.59. The molecular formula is C8H9N3O2. The molecule has 5 nitrogen and oxygen atoms in total. The van der Waals surface area contributed by atoms with Crippen LogP contribution in [0.3, 0.4) is 0 Å². The molecule has 1 aromatic heterocycles. The van der Waals surface area contributed by atoms with E-state index in [4.69, 9.17) is 10.8 Å². The van der Waals surface area contributed by atoms with E-state index >= 15 is 0 Å². The largest absolute Gasteiger partial charge is 0.463 e. The lowest BCUT2D eigenvalue weighted by Gasteiger charge is -2.01. The highest BCUT2D eigenvalue weighted by Gasteiger charge is 2.04. The summed E-state index contributed by atoms with van der Waals surface area (Å²) in [6, 6.07) is 3.34. The highest BCUT2D eigenvalue weighted by molar-refractivity contribution is 6.03. The number of carbonyl (C=O) groups is 1. The van der Waals surface area contributed by atoms with Crippen molar-refractivity contribution in [1.29, 1.82) is 0 Å². The van der Waals surface area contributed by atoms with E-state index in [0.717, 1.165) is 0 Å². The summed E-state index contributed by atoms with van der Waals surface area (Å²) < 4.78 is 0. The monoisotopic (exact) mass is 179 g/mol. The van der Waals surface area contributed by atoms with E-state index < -0.39 is 6.09 Å². The van der Waals surface area contributed by atoms with E-state index in [2.05, 4.69) is 9.98 Å². The van der Waals surface area contributed by atoms with E-state index in [1.165, 1.54) is 0 Å². The maximum Gasteiger partial charge on any atom is 0.433 e. The summed E-state index contributed by atoms with van der Waals surface area (Å²) in [5.41, 5.74) is 6.63. The average Bonchev–Trinajstić information content (AvgIpc) is 2.03. The maximum absolute atomic E-state index is 10.2. The first-order chi connectivity index (χ1) is 6.11. The summed E-state index contributed by atoms with van der Waals surface area (Å²) in [6.45, 7) is 1.74. The first-order valence-corrected chi connectivity index (χ1v) is 3.60. The molecule has 1 rings (SSSR count). The van der Waals surface area contributed by atoms with Gasteiger partial charge in [0.05, 0.1) is 0 Å². The lowest BCUT2D eigenvalue weighted by Crippen LogP contribution is -2.17. The smallest absolute Gasteiger partial charge is 0.433 e. The highest BCUT2D eigenvalue weighted by atomic mass is 16.4. The van der Waals surface area contributed by atoms with Gasteiger partial charge in [0.2, 0.25) is 0 Å². The van der Waals surface area contributed by atoms with Gasteiger partial charge in [0.25, 0.3) is 0 Å². The molecule has 0 aliphatic heterocycles. The molecule has 5 heteroatoms. The number of pyridine rings is 1. The molecule has 1 amide bonds. The third kappa shape index (κ3) is 2.26. The van der Waals surface area contributed by atoms with Gasteiger partial charge >= 0.3 is 6.09 Å². The summed E-state index contributed by atoms with van der Waals surface area (Å²) in [7, 11) is 0. The summed E-state index contributed by atoms with van der Waals surface area (Å²) in [5, 5.41) is 8.35. The average molecular weight is 179 g/mol. The Morgan fingerprint density at radius 1 is 1.69 bits per heavy atom. The predicted molar refractivity (Wildman–Crippen MR) is 47.7 cm³/mol. The lowest BCUT2D eigenvalue weighted by atomic mass is 10.2. The third-order valence-electron chi connectivity index (χ3n) is 1.50. The fourth-order valence-corrected chi connectivity index (χ4v) is 0.918. The van der Waals surface area contributed by atoms with Crippen molar-refractivity contribution < 1.29 is 9.90 Å². The number of amides is 1. The quantitative estimate of drug-likeness (QED) is 0.492. The topological polar surface area (TPSA) is 88.6 Å². The summed E-state index contributed by atoms with van der Waals surface area (Å²) in [6.07, 6.45) is 0.299. The molecule has 0 saturated carbocycles. The summed E-state index contributed by atoms with van der Waals surface area (Å²) >= 11 is 0. The Morgan fingerprint density at radius 3 is 2.92 bits per heavy atom. The van der Waals surface area contributed by atoms with Gasteiger partial charge < -0.3 is 10.8 Å². The molecule has 0 radical (unpaired) electrons. The highest BCUT2D eigenvalue weighted by Crippen LogP contribution is 2.02. The van der Waals surface area contributed by atoms with Gasteiger partial charge in [0.15, 0.2) is 0 Å². The second-order valence-corrected chi connectivity index (χ2v) is 2.42. The van der Waals surface area contributed by atoms with Crippen molar-refractivity contribution in [3.63, 3.8) is 0 Å². The fourth-order valence-electron chi connectivity index (χ4n) is 0.918. The van der Waals surface area contributed by atoms with E-state index in [0.29, 0.717) is 11.3 Å². The first-order valence-electron chi connectivity index (χ1n) is 3.60. The Labute approximate surface area is 74.9 Å². The fraction of sp³-hybridized carbons (Fsp3) is 0.125. The van der Waals surface area contributed by atoms with Crippen LogP contribution < -0.4 is 5.73 Å². The second kappa shape index (κ2) is 3.66. The number of nitrogens with zero attached hydrogens (tertiary/aromatic N) is 2. The van der Waals surface area contributed by atoms with Crippen LogP contribution in [0.4, 0.5) is 4.79 Å². The van der Waals surface area contributed by atoms with Crippen molar-refractivity contribution in [3.8, 4) is 0 Å². The third-order valence-corrected chi connectivity index (χ3v) is 1.50. The van der Waals surface area contributed by atoms with Crippen molar-refractivity contribution >= 4 is 11.9 Å². The summed E-state index contributed by atoms with van der Waals surface area (Å²) in [5.74, 6) is -0.0295. The van der Waals surface area contributed by atoms with E-state index in [9.17, 15) is 4.79 Å². The molecular weight excluding hydrogens is 170 g/mol. The van der Waals surface area contributed by atoms with Crippen molar-refractivity contribution in [2.24, 2.45) is 10.7 Å². The van der Waals surface area contributed by atoms with Crippen LogP contribution in [-0.2, 0) is 0 Å². The van der Waals surface area contributed by atoms with Gasteiger partial charge in [0, 0.05) is 17.5 Å². The molecule has 68 valence electrons. The zero-order chi connectivity index (χ0) is 9.84. The van der Waals surface area contributed by atoms with Gasteiger partial charge in [-0.05, 0) is 19.1 Å². The van der Waals surface area contributed by atoms with Gasteiger partial charge in [-0.3, -0.25) is 4.98 Å². The SMILES string of the molecule is Cc1ncccc1C(N)=NC(=O)O. The standard InChI is InChI=1S/C8H9N3O2/c1-5-6(3-2-4-10-5)7(9)11-8(12)13/h2-4H,1H3,(H2,9,11)(H,12,13). The number of amidine groups is 1. The van der Waals surface area contributed by atoms with Crippen LogP contribution in [0.5, 0.6) is 0 Å². The van der Waals surface area contributed by atoms with Crippen LogP contribution in [0.1, 0.15) is 11.3 Å². The molecule has 0 aliphatic rings. The van der Waals surface area contributed by atoms with Gasteiger partial charge in [0.1, 0.15) is 5.84 Å². The van der Waals surface area contributed by atoms with Crippen molar-refractivity contribution in [1.82, 2.24) is 4.98 Å². The van der Waals surface area contributed by atoms with Crippen molar-refractivity contribution in [2.45, 2.75) is 6.92 Å². The molecule has 13 heavy (non-hydrogen) atoms. The number of carboxylic acid groups (broad SMARTS) is 1. The van der Waals surface area contributed by atoms with Gasteiger partial charge in [-0.2, -0.15) is 4.99 Å². The van der Waals surface area contributed by atoms with E-state index in [1.54, 1.807) is 25.3 Å². The molecule has 0 aliphatic carbocycles. The minimum atomic E-state index is -1.30. The first kappa shape index (κ1) is 9.18. The number of rotatable bonds is 1. The number of hydrogen-bond acceptors (Lipinski definition) is 2. The van der Waals surface area contributed by atoms with Crippen molar-refractivity contribution in [2.75, 3.05) is 0 Å². The van der Waals surface area contributed by atoms with Crippen molar-refractivity contribution in [3.05, 3.63) is 29.6 Å². The molecule has 1 aromatic rings. The number of aliphatic imine (C=N–C) groups is 1. The lowest BCUT2D eigenvalue weighted by molar-refractivity contribution is 0.205. The molecule has 1 heterocycles. The van der Waals surface area contributed by atoms with Gasteiger partial charge in [-0.25, -0.2) is 4.79 Å². The molecule has 0 spiro atoms. The van der Waals surface area contributed by atoms with Crippen LogP contribution in [0.2, 0.25) is 0 Å². The Bertz CT molecular complexity index is 360. The zero-order valence-corrected chi connectivity index (χ0v) is 7.06. The molecule has 0 aromatic carbocycles. The van der Waals surface area contributed by atoms with E-state index in [1.807, 2.05) is 0 Å². The Morgan fingerprint density at radius 2 is 2.38 bits per heavy atom. The molecule has 0 saturated heterocycles. The molecule has 3 N–H and O–H groups in total. The molecule has 0 fully saturated rings. The molecule has 0 bridgehead atoms. The van der Waals surface area contributed by atoms with Gasteiger partial charge in [-0.15, -0.1) is 0 Å². The Hall–Kier alpha value is -1.91. The second-order valence-electron chi connectivity index (χ2n) is 2.42. The number of hydrogen-bond donors (Lipinski definition) is 2. The molecule has 0 unspecified atom stereocenters. The number of aryl methyl sites for hydroxylation is 1. The Balaban J connectivity index is 3.08. The number of aromatic nitrogens is 1.